The Balaban J connectivity index is 2.62. The number of phenols is 1. The second-order valence-electron chi connectivity index (χ2n) is 6.23. The van der Waals surface area contributed by atoms with Crippen LogP contribution in [-0.2, 0) is 22.6 Å². The molecule has 0 aromatic heterocycles. The van der Waals surface area contributed by atoms with Crippen molar-refractivity contribution in [2.75, 3.05) is 6.54 Å². The maximum Gasteiger partial charge on any atom is 0.302 e. The lowest BCUT2D eigenvalue weighted by Crippen LogP contribution is -2.41. The fourth-order valence-electron chi connectivity index (χ4n) is 1.83. The third-order valence-corrected chi connectivity index (χ3v) is 2.91. The molecule has 0 amide bonds. The first-order chi connectivity index (χ1) is 9.67. The highest BCUT2D eigenvalue weighted by Gasteiger charge is 2.13. The standard InChI is InChI=1S/C16H25NO4/c1-11(18)21-10-13-7-12(5-6-15(13)20)8-14(19)9-17-16(2,3)4/h5-7,14,17,19-20H,8-10H2,1-4H3. The van der Waals surface area contributed by atoms with E-state index in [1.807, 2.05) is 20.8 Å². The number of carbonyl (C=O) groups is 1. The average molecular weight is 295 g/mol. The average Bonchev–Trinajstić information content (AvgIpc) is 2.36. The molecule has 5 heteroatoms. The van der Waals surface area contributed by atoms with Gasteiger partial charge >= 0.3 is 5.97 Å². The van der Waals surface area contributed by atoms with Crippen LogP contribution in [0.3, 0.4) is 0 Å². The molecule has 5 nitrogen and oxygen atoms in total. The highest BCUT2D eigenvalue weighted by molar-refractivity contribution is 5.66. The van der Waals surface area contributed by atoms with Crippen LogP contribution in [0.5, 0.6) is 5.75 Å². The number of aliphatic hydroxyl groups excluding tert-OH is 1. The Labute approximate surface area is 125 Å². The van der Waals surface area contributed by atoms with E-state index < -0.39 is 12.1 Å². The van der Waals surface area contributed by atoms with Crippen molar-refractivity contribution in [1.82, 2.24) is 5.32 Å². The zero-order valence-electron chi connectivity index (χ0n) is 13.1. The number of esters is 1. The van der Waals surface area contributed by atoms with Crippen LogP contribution in [0.2, 0.25) is 0 Å². The smallest absolute Gasteiger partial charge is 0.302 e. The maximum atomic E-state index is 10.8. The number of aromatic hydroxyl groups is 1. The summed E-state index contributed by atoms with van der Waals surface area (Å²) in [5, 5.41) is 23.0. The van der Waals surface area contributed by atoms with Crippen LogP contribution in [0, 0.1) is 0 Å². The molecule has 1 aromatic rings. The van der Waals surface area contributed by atoms with Gasteiger partial charge in [0.05, 0.1) is 6.10 Å². The van der Waals surface area contributed by atoms with Gasteiger partial charge in [-0.3, -0.25) is 4.79 Å². The molecule has 1 atom stereocenters. The first-order valence-electron chi connectivity index (χ1n) is 7.04. The van der Waals surface area contributed by atoms with Crippen molar-refractivity contribution in [3.05, 3.63) is 29.3 Å². The summed E-state index contributed by atoms with van der Waals surface area (Å²) >= 11 is 0. The Morgan fingerprint density at radius 2 is 2.05 bits per heavy atom. The van der Waals surface area contributed by atoms with Crippen LogP contribution in [0.15, 0.2) is 18.2 Å². The van der Waals surface area contributed by atoms with Gasteiger partial charge in [0.1, 0.15) is 12.4 Å². The van der Waals surface area contributed by atoms with Crippen molar-refractivity contribution < 1.29 is 19.7 Å². The van der Waals surface area contributed by atoms with Gasteiger partial charge in [0.25, 0.3) is 0 Å². The second kappa shape index (κ2) is 7.43. The quantitative estimate of drug-likeness (QED) is 0.697. The van der Waals surface area contributed by atoms with E-state index in [-0.39, 0.29) is 17.9 Å². The van der Waals surface area contributed by atoms with Gasteiger partial charge in [0.15, 0.2) is 0 Å². The predicted octanol–water partition coefficient (Wildman–Crippen LogP) is 1.75. The fourth-order valence-corrected chi connectivity index (χ4v) is 1.83. The second-order valence-corrected chi connectivity index (χ2v) is 6.23. The lowest BCUT2D eigenvalue weighted by molar-refractivity contribution is -0.142. The molecule has 118 valence electrons. The normalized spacial score (nSPS) is 13.0. The lowest BCUT2D eigenvalue weighted by Gasteiger charge is -2.23. The van der Waals surface area contributed by atoms with Gasteiger partial charge in [-0.05, 0) is 44.9 Å². The van der Waals surface area contributed by atoms with E-state index in [0.29, 0.717) is 18.5 Å². The summed E-state index contributed by atoms with van der Waals surface area (Å²) in [6, 6.07) is 5.06. The SMILES string of the molecule is CC(=O)OCc1cc(CC(O)CNC(C)(C)C)ccc1O. The molecule has 0 aliphatic rings. The highest BCUT2D eigenvalue weighted by Crippen LogP contribution is 2.20. The Hall–Kier alpha value is -1.59. The summed E-state index contributed by atoms with van der Waals surface area (Å²) in [6.07, 6.45) is -0.0495. The molecule has 0 aliphatic heterocycles. The van der Waals surface area contributed by atoms with Crippen molar-refractivity contribution in [3.63, 3.8) is 0 Å². The zero-order valence-corrected chi connectivity index (χ0v) is 13.1. The van der Waals surface area contributed by atoms with Gasteiger partial charge in [0, 0.05) is 24.6 Å². The summed E-state index contributed by atoms with van der Waals surface area (Å²) < 4.78 is 4.89. The fraction of sp³-hybridized carbons (Fsp3) is 0.562. The predicted molar refractivity (Wildman–Crippen MR) is 81.0 cm³/mol. The third-order valence-electron chi connectivity index (χ3n) is 2.91. The molecular weight excluding hydrogens is 270 g/mol. The number of ether oxygens (including phenoxy) is 1. The van der Waals surface area contributed by atoms with Gasteiger partial charge in [0.2, 0.25) is 0 Å². The molecule has 0 radical (unpaired) electrons. The van der Waals surface area contributed by atoms with Crippen LogP contribution in [-0.4, -0.2) is 34.4 Å². The number of hydrogen-bond acceptors (Lipinski definition) is 5. The van der Waals surface area contributed by atoms with E-state index in [2.05, 4.69) is 5.32 Å². The third kappa shape index (κ3) is 7.11. The van der Waals surface area contributed by atoms with Crippen LogP contribution >= 0.6 is 0 Å². The summed E-state index contributed by atoms with van der Waals surface area (Å²) in [7, 11) is 0. The monoisotopic (exact) mass is 295 g/mol. The molecule has 1 aromatic carbocycles. The largest absolute Gasteiger partial charge is 0.508 e. The Morgan fingerprint density at radius 1 is 1.38 bits per heavy atom. The van der Waals surface area contributed by atoms with Crippen LogP contribution in [0.25, 0.3) is 0 Å². The van der Waals surface area contributed by atoms with Gasteiger partial charge in [-0.2, -0.15) is 0 Å². The first kappa shape index (κ1) is 17.5. The van der Waals surface area contributed by atoms with Gasteiger partial charge in [-0.1, -0.05) is 6.07 Å². The van der Waals surface area contributed by atoms with Crippen LogP contribution < -0.4 is 5.32 Å². The molecule has 1 unspecified atom stereocenters. The van der Waals surface area contributed by atoms with Gasteiger partial charge in [-0.15, -0.1) is 0 Å². The minimum atomic E-state index is -0.518. The summed E-state index contributed by atoms with van der Waals surface area (Å²) in [6.45, 7) is 7.96. The van der Waals surface area contributed by atoms with E-state index in [0.717, 1.165) is 5.56 Å². The minimum absolute atomic E-state index is 0.0331. The number of β-amino-alcohol motifs (C(OH)–C–C–N with tert-alkyl or cyclic N) is 1. The van der Waals surface area contributed by atoms with Crippen LogP contribution in [0.1, 0.15) is 38.8 Å². The topological polar surface area (TPSA) is 78.8 Å². The molecule has 0 bridgehead atoms. The number of nitrogens with one attached hydrogen (secondary N) is 1. The van der Waals surface area contributed by atoms with E-state index in [9.17, 15) is 15.0 Å². The zero-order chi connectivity index (χ0) is 16.0. The number of benzene rings is 1. The molecular formula is C16H25NO4. The number of phenolic OH excluding ortho intramolecular Hbond substituents is 1. The summed E-state index contributed by atoms with van der Waals surface area (Å²) in [5.74, 6) is -0.309. The van der Waals surface area contributed by atoms with E-state index in [1.165, 1.54) is 6.92 Å². The summed E-state index contributed by atoms with van der Waals surface area (Å²) in [4.78, 5) is 10.8. The van der Waals surface area contributed by atoms with Crippen molar-refractivity contribution in [2.45, 2.75) is 52.4 Å². The number of rotatable bonds is 6. The van der Waals surface area contributed by atoms with Gasteiger partial charge < -0.3 is 20.3 Å². The highest BCUT2D eigenvalue weighted by atomic mass is 16.5. The molecule has 0 heterocycles. The van der Waals surface area contributed by atoms with E-state index >= 15 is 0 Å². The van der Waals surface area contributed by atoms with Crippen molar-refractivity contribution in [3.8, 4) is 5.75 Å². The summed E-state index contributed by atoms with van der Waals surface area (Å²) in [5.41, 5.74) is 1.38. The number of hydrogen-bond donors (Lipinski definition) is 3. The van der Waals surface area contributed by atoms with E-state index in [1.54, 1.807) is 18.2 Å². The molecule has 0 saturated carbocycles. The Kier molecular flexibility index (Phi) is 6.18. The van der Waals surface area contributed by atoms with Crippen molar-refractivity contribution in [1.29, 1.82) is 0 Å². The van der Waals surface area contributed by atoms with Gasteiger partial charge in [-0.25, -0.2) is 0 Å². The molecule has 3 N–H and O–H groups in total. The van der Waals surface area contributed by atoms with E-state index in [4.69, 9.17) is 4.74 Å². The molecule has 0 spiro atoms. The van der Waals surface area contributed by atoms with Crippen molar-refractivity contribution in [2.24, 2.45) is 0 Å². The molecule has 21 heavy (non-hydrogen) atoms. The van der Waals surface area contributed by atoms with Crippen LogP contribution in [0.4, 0.5) is 0 Å². The number of carbonyl (C=O) groups excluding carboxylic acids is 1. The molecule has 0 aliphatic carbocycles. The maximum absolute atomic E-state index is 10.8. The Bertz CT molecular complexity index is 480. The first-order valence-corrected chi connectivity index (χ1v) is 7.04. The Morgan fingerprint density at radius 3 is 2.62 bits per heavy atom. The molecule has 1 rings (SSSR count). The molecule has 0 saturated heterocycles. The number of aliphatic hydroxyl groups is 1. The lowest BCUT2D eigenvalue weighted by atomic mass is 10.0. The minimum Gasteiger partial charge on any atom is -0.508 e. The molecule has 0 fully saturated rings. The van der Waals surface area contributed by atoms with Crippen molar-refractivity contribution >= 4 is 5.97 Å².